The maximum atomic E-state index is 13.8. The Bertz CT molecular complexity index is 1460. The van der Waals surface area contributed by atoms with Crippen LogP contribution in [0.25, 0.3) is 10.8 Å². The van der Waals surface area contributed by atoms with Crippen LogP contribution in [-0.4, -0.2) is 72.4 Å². The zero-order valence-corrected chi connectivity index (χ0v) is 25.7. The molecule has 3 aromatic rings. The maximum Gasteiger partial charge on any atom is 0.412 e. The Labute approximate surface area is 267 Å². The molecular formula is C32H42ClF2N5O5. The summed E-state index contributed by atoms with van der Waals surface area (Å²) >= 11 is 6.04. The van der Waals surface area contributed by atoms with Crippen molar-refractivity contribution in [2.24, 2.45) is 5.41 Å². The highest BCUT2D eigenvalue weighted by Crippen LogP contribution is 2.22. The fourth-order valence-electron chi connectivity index (χ4n) is 4.22. The molecule has 0 radical (unpaired) electrons. The number of amides is 4. The molecule has 0 aliphatic carbocycles. The van der Waals surface area contributed by atoms with Crippen LogP contribution >= 0.6 is 11.6 Å². The number of rotatable bonds is 14. The van der Waals surface area contributed by atoms with Gasteiger partial charge in [-0.2, -0.15) is 0 Å². The number of hydrogen-bond acceptors (Lipinski definition) is 6. The molecule has 1 atom stereocenters. The summed E-state index contributed by atoms with van der Waals surface area (Å²) in [5, 5.41) is 18.5. The first-order chi connectivity index (χ1) is 20.9. The minimum atomic E-state index is -0.811. The van der Waals surface area contributed by atoms with Gasteiger partial charge in [0, 0.05) is 50.2 Å². The molecule has 0 saturated heterocycles. The fourth-order valence-corrected chi connectivity index (χ4v) is 4.44. The van der Waals surface area contributed by atoms with E-state index in [1.165, 1.54) is 41.4 Å². The molecule has 0 saturated carbocycles. The molecule has 13 heteroatoms. The van der Waals surface area contributed by atoms with Crippen molar-refractivity contribution in [3.8, 4) is 0 Å². The second kappa shape index (κ2) is 17.5. The van der Waals surface area contributed by atoms with E-state index in [4.69, 9.17) is 16.3 Å². The van der Waals surface area contributed by atoms with Crippen LogP contribution in [0.15, 0.2) is 48.7 Å². The van der Waals surface area contributed by atoms with Gasteiger partial charge in [-0.1, -0.05) is 45.0 Å². The highest BCUT2D eigenvalue weighted by molar-refractivity contribution is 6.31. The van der Waals surface area contributed by atoms with Crippen molar-refractivity contribution in [2.75, 3.05) is 38.7 Å². The third-order valence-electron chi connectivity index (χ3n) is 7.06. The van der Waals surface area contributed by atoms with Crippen molar-refractivity contribution in [3.05, 3.63) is 70.9 Å². The lowest BCUT2D eigenvalue weighted by molar-refractivity contribution is -0.132. The maximum absolute atomic E-state index is 13.8. The summed E-state index contributed by atoms with van der Waals surface area (Å²) in [6, 6.07) is 9.21. The number of urea groups is 1. The molecule has 0 bridgehead atoms. The van der Waals surface area contributed by atoms with Crippen LogP contribution < -0.4 is 16.0 Å². The first-order valence-corrected chi connectivity index (χ1v) is 14.6. The van der Waals surface area contributed by atoms with Gasteiger partial charge in [-0.15, -0.1) is 0 Å². The Morgan fingerprint density at radius 2 is 1.87 bits per heavy atom. The number of halogens is 3. The standard InChI is InChI=1S/C31H38ClF2N5O5.CH4/c1-31(2,19-40)18-37-29(42)35-13-5-7-24(39(3)27(41)12-10-20-6-4-8-25(34)28(20)32)17-44-30(43)38-26-15-22-14-23(33)11-9-21(22)16-36-26;/h4,6,8-9,11,14-16,24,40H,5,7,10,12-13,17-19H2,1-3H3,(H2,35,37,42)(H,36,38,43);1H4/t24-;/m0./s1. The van der Waals surface area contributed by atoms with Crippen molar-refractivity contribution in [1.29, 1.82) is 0 Å². The first kappa shape index (κ1) is 37.2. The van der Waals surface area contributed by atoms with Crippen molar-refractivity contribution < 1.29 is 33.0 Å². The van der Waals surface area contributed by atoms with Gasteiger partial charge in [-0.05, 0) is 60.5 Å². The molecule has 10 nitrogen and oxygen atoms in total. The lowest BCUT2D eigenvalue weighted by Gasteiger charge is -2.28. The number of fused-ring (bicyclic) bond motifs is 1. The Kier molecular flexibility index (Phi) is 14.4. The zero-order valence-electron chi connectivity index (χ0n) is 25.0. The third-order valence-corrected chi connectivity index (χ3v) is 7.48. The van der Waals surface area contributed by atoms with Crippen LogP contribution in [0.5, 0.6) is 0 Å². The average molecular weight is 650 g/mol. The average Bonchev–Trinajstić information content (AvgIpc) is 2.99. The molecule has 45 heavy (non-hydrogen) atoms. The summed E-state index contributed by atoms with van der Waals surface area (Å²) in [6.07, 6.45) is 1.78. The van der Waals surface area contributed by atoms with E-state index in [1.807, 2.05) is 13.8 Å². The smallest absolute Gasteiger partial charge is 0.412 e. The van der Waals surface area contributed by atoms with Crippen LogP contribution in [0.1, 0.15) is 46.1 Å². The van der Waals surface area contributed by atoms with Gasteiger partial charge < -0.3 is 25.4 Å². The molecule has 246 valence electrons. The summed E-state index contributed by atoms with van der Waals surface area (Å²) in [6.45, 7) is 3.97. The van der Waals surface area contributed by atoms with Gasteiger partial charge in [0.15, 0.2) is 0 Å². The predicted octanol–water partition coefficient (Wildman–Crippen LogP) is 5.91. The Hall–Kier alpha value is -4.03. The van der Waals surface area contributed by atoms with E-state index in [0.717, 1.165) is 0 Å². The Morgan fingerprint density at radius 1 is 1.11 bits per heavy atom. The number of likely N-dealkylation sites (N-methyl/N-ethyl adjacent to an activating group) is 1. The van der Waals surface area contributed by atoms with E-state index in [1.54, 1.807) is 19.2 Å². The SMILES string of the molecule is C.CN(C(=O)CCc1cccc(F)c1Cl)[C@@H](CCCNC(=O)NCC(C)(C)CO)COC(=O)Nc1cc2cc(F)ccc2cn1. The van der Waals surface area contributed by atoms with E-state index in [2.05, 4.69) is 20.9 Å². The predicted molar refractivity (Wildman–Crippen MR) is 171 cm³/mol. The van der Waals surface area contributed by atoms with Gasteiger partial charge in [0.2, 0.25) is 5.91 Å². The number of anilines is 1. The third kappa shape index (κ3) is 11.8. The molecule has 1 heterocycles. The van der Waals surface area contributed by atoms with Crippen molar-refractivity contribution >= 4 is 46.2 Å². The number of nitrogens with one attached hydrogen (secondary N) is 3. The monoisotopic (exact) mass is 649 g/mol. The summed E-state index contributed by atoms with van der Waals surface area (Å²) in [4.78, 5) is 43.4. The number of carbonyl (C=O) groups excluding carboxylic acids is 3. The van der Waals surface area contributed by atoms with Gasteiger partial charge in [-0.25, -0.2) is 23.4 Å². The van der Waals surface area contributed by atoms with Gasteiger partial charge in [0.1, 0.15) is 24.1 Å². The van der Waals surface area contributed by atoms with E-state index in [0.29, 0.717) is 29.2 Å². The summed E-state index contributed by atoms with van der Waals surface area (Å²) in [7, 11) is 1.58. The molecule has 0 spiro atoms. The van der Waals surface area contributed by atoms with E-state index in [9.17, 15) is 28.3 Å². The molecule has 0 unspecified atom stereocenters. The Balaban J connectivity index is 0.00000705. The molecule has 1 aromatic heterocycles. The summed E-state index contributed by atoms with van der Waals surface area (Å²) in [5.74, 6) is -1.09. The number of carbonyl (C=O) groups is 3. The molecular weight excluding hydrogens is 608 g/mol. The number of aromatic nitrogens is 1. The van der Waals surface area contributed by atoms with Crippen molar-refractivity contribution in [3.63, 3.8) is 0 Å². The second-order valence-corrected chi connectivity index (χ2v) is 11.6. The van der Waals surface area contributed by atoms with Crippen molar-refractivity contribution in [2.45, 2.75) is 53.0 Å². The number of hydrogen-bond donors (Lipinski definition) is 4. The zero-order chi connectivity index (χ0) is 32.3. The highest BCUT2D eigenvalue weighted by Gasteiger charge is 2.23. The van der Waals surface area contributed by atoms with Gasteiger partial charge in [-0.3, -0.25) is 10.1 Å². The van der Waals surface area contributed by atoms with Crippen LogP contribution in [0.4, 0.5) is 24.2 Å². The van der Waals surface area contributed by atoms with E-state index >= 15 is 0 Å². The number of aryl methyl sites for hydroxylation is 1. The number of ether oxygens (including phenoxy) is 1. The van der Waals surface area contributed by atoms with E-state index in [-0.39, 0.29) is 63.3 Å². The molecule has 4 amide bonds. The lowest BCUT2D eigenvalue weighted by Crippen LogP contribution is -2.43. The number of pyridine rings is 1. The number of nitrogens with zero attached hydrogens (tertiary/aromatic N) is 2. The van der Waals surface area contributed by atoms with Gasteiger partial charge in [0.05, 0.1) is 11.1 Å². The van der Waals surface area contributed by atoms with Crippen LogP contribution in [0.2, 0.25) is 5.02 Å². The molecule has 3 rings (SSSR count). The summed E-state index contributed by atoms with van der Waals surface area (Å²) < 4.78 is 32.9. The normalized spacial score (nSPS) is 11.7. The molecule has 2 aromatic carbocycles. The molecule has 4 N–H and O–H groups in total. The molecule has 0 fully saturated rings. The van der Waals surface area contributed by atoms with Crippen LogP contribution in [0, 0.1) is 17.0 Å². The largest absolute Gasteiger partial charge is 0.447 e. The lowest BCUT2D eigenvalue weighted by atomic mass is 9.95. The molecule has 0 aliphatic rings. The minimum Gasteiger partial charge on any atom is -0.447 e. The van der Waals surface area contributed by atoms with Crippen molar-refractivity contribution in [1.82, 2.24) is 20.5 Å². The Morgan fingerprint density at radius 3 is 2.60 bits per heavy atom. The highest BCUT2D eigenvalue weighted by atomic mass is 35.5. The first-order valence-electron chi connectivity index (χ1n) is 14.2. The number of aliphatic hydroxyl groups is 1. The van der Waals surface area contributed by atoms with E-state index < -0.39 is 35.2 Å². The molecule has 0 aliphatic heterocycles. The number of benzene rings is 2. The quantitative estimate of drug-likeness (QED) is 0.161. The van der Waals surface area contributed by atoms with Gasteiger partial charge >= 0.3 is 12.1 Å². The summed E-state index contributed by atoms with van der Waals surface area (Å²) in [5.41, 5.74) is 0.0421. The van der Waals surface area contributed by atoms with Crippen LogP contribution in [0.3, 0.4) is 0 Å². The van der Waals surface area contributed by atoms with Crippen LogP contribution in [-0.2, 0) is 16.0 Å². The number of aliphatic hydroxyl groups excluding tert-OH is 1. The second-order valence-electron chi connectivity index (χ2n) is 11.2. The topological polar surface area (TPSA) is 133 Å². The fraction of sp³-hybridized carbons (Fsp3) is 0.438. The van der Waals surface area contributed by atoms with Gasteiger partial charge in [0.25, 0.3) is 0 Å². The minimum absolute atomic E-state index is 0.